The molecule has 4 N–H and O–H groups in total. The number of quaternary nitrogens is 1. The Morgan fingerprint density at radius 1 is 1.43 bits per heavy atom. The van der Waals surface area contributed by atoms with Gasteiger partial charge in [0.1, 0.15) is 18.4 Å². The van der Waals surface area contributed by atoms with Gasteiger partial charge in [0.15, 0.2) is 0 Å². The van der Waals surface area contributed by atoms with E-state index in [1.165, 1.54) is 4.90 Å². The summed E-state index contributed by atoms with van der Waals surface area (Å²) >= 11 is 0. The van der Waals surface area contributed by atoms with Crippen molar-refractivity contribution in [1.29, 1.82) is 0 Å². The third kappa shape index (κ3) is 5.82. The van der Waals surface area contributed by atoms with E-state index in [2.05, 4.69) is 0 Å². The second kappa shape index (κ2) is 8.86. The van der Waals surface area contributed by atoms with Gasteiger partial charge in [-0.2, -0.15) is 0 Å². The van der Waals surface area contributed by atoms with E-state index in [0.717, 1.165) is 37.2 Å². The van der Waals surface area contributed by atoms with Crippen molar-refractivity contribution >= 4 is 5.91 Å². The fourth-order valence-electron chi connectivity index (χ4n) is 2.98. The van der Waals surface area contributed by atoms with Crippen LogP contribution in [0.1, 0.15) is 18.4 Å². The Bertz CT molecular complexity index is 501. The van der Waals surface area contributed by atoms with Gasteiger partial charge in [-0.05, 0) is 17.7 Å². The van der Waals surface area contributed by atoms with Gasteiger partial charge in [0, 0.05) is 18.8 Å². The molecule has 1 aliphatic rings. The van der Waals surface area contributed by atoms with Gasteiger partial charge < -0.3 is 25.2 Å². The van der Waals surface area contributed by atoms with Gasteiger partial charge in [0.2, 0.25) is 5.91 Å². The number of nitrogens with two attached hydrogens (primary N) is 1. The molecule has 23 heavy (non-hydrogen) atoms. The standard InChI is InChI=1S/C17H26N2O4/c1-22-16-4-2-3-13(9-16)11-23-12-15(20)10-19-7-5-14(6-8-19)17(18)21/h2-4,9,14-15,20H,5-8,10-12H2,1H3,(H2,18,21)/p+1/t15-/m0/s1. The predicted octanol–water partition coefficient (Wildman–Crippen LogP) is -0.647. The molecule has 0 saturated carbocycles. The molecule has 1 aliphatic heterocycles. The predicted molar refractivity (Wildman–Crippen MR) is 86.1 cm³/mol. The van der Waals surface area contributed by atoms with Crippen LogP contribution in [-0.4, -0.2) is 50.5 Å². The lowest BCUT2D eigenvalue weighted by atomic mass is 9.96. The number of aliphatic hydroxyl groups is 1. The highest BCUT2D eigenvalue weighted by atomic mass is 16.5. The molecule has 2 rings (SSSR count). The van der Waals surface area contributed by atoms with Crippen LogP contribution in [0.5, 0.6) is 5.75 Å². The quantitative estimate of drug-likeness (QED) is 0.594. The lowest BCUT2D eigenvalue weighted by Crippen LogP contribution is -3.14. The number of piperidine rings is 1. The van der Waals surface area contributed by atoms with Crippen LogP contribution in [0.4, 0.5) is 0 Å². The van der Waals surface area contributed by atoms with Crippen LogP contribution in [0, 0.1) is 5.92 Å². The second-order valence-electron chi connectivity index (χ2n) is 6.15. The van der Waals surface area contributed by atoms with Crippen molar-refractivity contribution in [2.24, 2.45) is 11.7 Å². The smallest absolute Gasteiger partial charge is 0.220 e. The number of carbonyl (C=O) groups is 1. The fourth-order valence-corrected chi connectivity index (χ4v) is 2.98. The lowest BCUT2D eigenvalue weighted by molar-refractivity contribution is -0.908. The lowest BCUT2D eigenvalue weighted by Gasteiger charge is -2.29. The SMILES string of the molecule is COc1cccc(COC[C@@H](O)C[NH+]2CCC(C(N)=O)CC2)c1. The van der Waals surface area contributed by atoms with E-state index < -0.39 is 6.10 Å². The maximum absolute atomic E-state index is 11.1. The van der Waals surface area contributed by atoms with Crippen molar-refractivity contribution in [1.82, 2.24) is 0 Å². The third-order valence-electron chi connectivity index (χ3n) is 4.33. The Morgan fingerprint density at radius 2 is 2.17 bits per heavy atom. The van der Waals surface area contributed by atoms with Crippen molar-refractivity contribution in [2.75, 3.05) is 33.4 Å². The average molecular weight is 323 g/mol. The van der Waals surface area contributed by atoms with Crippen molar-refractivity contribution in [3.8, 4) is 5.75 Å². The highest BCUT2D eigenvalue weighted by Gasteiger charge is 2.27. The number of likely N-dealkylation sites (tertiary alicyclic amines) is 1. The summed E-state index contributed by atoms with van der Waals surface area (Å²) in [7, 11) is 1.63. The van der Waals surface area contributed by atoms with Crippen LogP contribution in [0.25, 0.3) is 0 Å². The van der Waals surface area contributed by atoms with E-state index in [-0.39, 0.29) is 11.8 Å². The van der Waals surface area contributed by atoms with Crippen LogP contribution in [0.15, 0.2) is 24.3 Å². The zero-order valence-electron chi connectivity index (χ0n) is 13.7. The summed E-state index contributed by atoms with van der Waals surface area (Å²) in [4.78, 5) is 12.4. The summed E-state index contributed by atoms with van der Waals surface area (Å²) in [6.07, 6.45) is 1.12. The number of nitrogens with one attached hydrogen (secondary N) is 1. The highest BCUT2D eigenvalue weighted by molar-refractivity contribution is 5.76. The number of hydrogen-bond donors (Lipinski definition) is 3. The maximum Gasteiger partial charge on any atom is 0.220 e. The normalized spacial score (nSPS) is 22.5. The molecule has 1 fully saturated rings. The number of amides is 1. The van der Waals surface area contributed by atoms with E-state index in [9.17, 15) is 9.90 Å². The minimum atomic E-state index is -0.499. The van der Waals surface area contributed by atoms with Gasteiger partial charge in [-0.3, -0.25) is 4.79 Å². The van der Waals surface area contributed by atoms with E-state index >= 15 is 0 Å². The van der Waals surface area contributed by atoms with Gasteiger partial charge >= 0.3 is 0 Å². The number of primary amides is 1. The Hall–Kier alpha value is -1.63. The zero-order valence-corrected chi connectivity index (χ0v) is 13.7. The molecule has 0 radical (unpaired) electrons. The molecule has 1 heterocycles. The highest BCUT2D eigenvalue weighted by Crippen LogP contribution is 2.13. The van der Waals surface area contributed by atoms with Crippen molar-refractivity contribution in [3.63, 3.8) is 0 Å². The van der Waals surface area contributed by atoms with Gasteiger partial charge in [-0.25, -0.2) is 0 Å². The average Bonchev–Trinajstić information content (AvgIpc) is 2.55. The Kier molecular flexibility index (Phi) is 6.83. The third-order valence-corrected chi connectivity index (χ3v) is 4.33. The number of benzene rings is 1. The summed E-state index contributed by atoms with van der Waals surface area (Å²) in [5.74, 6) is 0.597. The number of hydrogen-bond acceptors (Lipinski definition) is 4. The van der Waals surface area contributed by atoms with Crippen molar-refractivity contribution < 1.29 is 24.3 Å². The fraction of sp³-hybridized carbons (Fsp3) is 0.588. The molecule has 1 saturated heterocycles. The van der Waals surface area contributed by atoms with E-state index in [1.807, 2.05) is 24.3 Å². The van der Waals surface area contributed by atoms with Gasteiger partial charge in [-0.1, -0.05) is 12.1 Å². The molecule has 1 aromatic rings. The maximum atomic E-state index is 11.1. The second-order valence-corrected chi connectivity index (χ2v) is 6.15. The minimum absolute atomic E-state index is 0.000189. The summed E-state index contributed by atoms with van der Waals surface area (Å²) in [5, 5.41) is 10.1. The molecule has 1 atom stereocenters. The summed E-state index contributed by atoms with van der Waals surface area (Å²) in [5.41, 5.74) is 6.35. The van der Waals surface area contributed by atoms with Crippen LogP contribution in [0.3, 0.4) is 0 Å². The largest absolute Gasteiger partial charge is 0.497 e. The first-order valence-electron chi connectivity index (χ1n) is 8.10. The van der Waals surface area contributed by atoms with Gasteiger partial charge in [-0.15, -0.1) is 0 Å². The Labute approximate surface area is 137 Å². The zero-order chi connectivity index (χ0) is 16.7. The number of rotatable bonds is 8. The first-order chi connectivity index (χ1) is 11.1. The van der Waals surface area contributed by atoms with Crippen molar-refractivity contribution in [3.05, 3.63) is 29.8 Å². The number of aliphatic hydroxyl groups excluding tert-OH is 1. The van der Waals surface area contributed by atoms with Gasteiger partial charge in [0.05, 0.1) is 33.4 Å². The molecule has 6 nitrogen and oxygen atoms in total. The molecule has 0 spiro atoms. The minimum Gasteiger partial charge on any atom is -0.497 e. The van der Waals surface area contributed by atoms with E-state index in [0.29, 0.717) is 19.8 Å². The van der Waals surface area contributed by atoms with Crippen LogP contribution in [0.2, 0.25) is 0 Å². The summed E-state index contributed by atoms with van der Waals surface area (Å²) < 4.78 is 10.8. The molecular formula is C17H27N2O4+. The molecule has 0 bridgehead atoms. The van der Waals surface area contributed by atoms with E-state index in [1.54, 1.807) is 7.11 Å². The monoisotopic (exact) mass is 323 g/mol. The molecule has 6 heteroatoms. The van der Waals surface area contributed by atoms with Gasteiger partial charge in [0.25, 0.3) is 0 Å². The summed E-state index contributed by atoms with van der Waals surface area (Å²) in [6, 6.07) is 7.69. The molecule has 0 aromatic heterocycles. The molecule has 1 amide bonds. The Balaban J connectivity index is 1.65. The number of methoxy groups -OCH3 is 1. The number of ether oxygens (including phenoxy) is 2. The van der Waals surface area contributed by atoms with Crippen LogP contribution in [-0.2, 0) is 16.1 Å². The molecule has 128 valence electrons. The van der Waals surface area contributed by atoms with Crippen LogP contribution >= 0.6 is 0 Å². The van der Waals surface area contributed by atoms with E-state index in [4.69, 9.17) is 15.2 Å². The molecule has 0 aliphatic carbocycles. The topological polar surface area (TPSA) is 86.2 Å². The van der Waals surface area contributed by atoms with Crippen LogP contribution < -0.4 is 15.4 Å². The Morgan fingerprint density at radius 3 is 2.83 bits per heavy atom. The summed E-state index contributed by atoms with van der Waals surface area (Å²) in [6.45, 7) is 3.15. The molecule has 0 unspecified atom stereocenters. The molecular weight excluding hydrogens is 296 g/mol. The molecule has 1 aromatic carbocycles. The number of carbonyl (C=O) groups excluding carboxylic acids is 1. The first-order valence-corrected chi connectivity index (χ1v) is 8.10. The van der Waals surface area contributed by atoms with Crippen molar-refractivity contribution in [2.45, 2.75) is 25.6 Å². The first kappa shape index (κ1) is 17.7.